The summed E-state index contributed by atoms with van der Waals surface area (Å²) < 4.78 is 31.2. The van der Waals surface area contributed by atoms with Crippen molar-refractivity contribution in [3.63, 3.8) is 0 Å². The van der Waals surface area contributed by atoms with Gasteiger partial charge < -0.3 is 4.55 Å². The second-order valence-corrected chi connectivity index (χ2v) is 7.38. The number of hydrogen-bond acceptors (Lipinski definition) is 3. The van der Waals surface area contributed by atoms with E-state index in [9.17, 15) is 13.0 Å². The SMILES string of the molecule is CCCCCCCCCCCCCCCCS(=O)(=O)[O-].[Li+]. The molecule has 0 rings (SSSR count). The fraction of sp³-hybridized carbons (Fsp3) is 1.00. The van der Waals surface area contributed by atoms with E-state index in [0.717, 1.165) is 12.8 Å². The molecule has 0 aliphatic carbocycles. The van der Waals surface area contributed by atoms with E-state index in [4.69, 9.17) is 0 Å². The Bertz CT molecular complexity index is 292. The summed E-state index contributed by atoms with van der Waals surface area (Å²) in [5, 5.41) is 0. The van der Waals surface area contributed by atoms with E-state index in [1.165, 1.54) is 70.6 Å². The van der Waals surface area contributed by atoms with E-state index in [1.54, 1.807) is 0 Å². The Balaban J connectivity index is 0. The molecule has 0 heterocycles. The van der Waals surface area contributed by atoms with Crippen LogP contribution in [0.15, 0.2) is 0 Å². The summed E-state index contributed by atoms with van der Waals surface area (Å²) >= 11 is 0. The first kappa shape index (κ1) is 23.8. The molecule has 0 fully saturated rings. The molecule has 0 radical (unpaired) electrons. The van der Waals surface area contributed by atoms with Crippen LogP contribution < -0.4 is 18.9 Å². The first-order valence-electron chi connectivity index (χ1n) is 8.50. The fourth-order valence-corrected chi connectivity index (χ4v) is 3.03. The van der Waals surface area contributed by atoms with Crippen molar-refractivity contribution in [2.75, 3.05) is 5.75 Å². The van der Waals surface area contributed by atoms with Crippen molar-refractivity contribution >= 4 is 10.1 Å². The standard InChI is InChI=1S/C16H34O3S.Li/c1-2-3-4-5-6-7-8-9-10-11-12-13-14-15-16-20(17,18)19;/h2-16H2,1H3,(H,17,18,19);/q;+1/p-1. The number of unbranched alkanes of at least 4 members (excludes halogenated alkanes) is 13. The van der Waals surface area contributed by atoms with Gasteiger partial charge in [-0.15, -0.1) is 0 Å². The molecule has 3 nitrogen and oxygen atoms in total. The average molecular weight is 312 g/mol. The Kier molecular flexibility index (Phi) is 19.1. The van der Waals surface area contributed by atoms with Crippen LogP contribution in [0.1, 0.15) is 96.8 Å². The predicted molar refractivity (Wildman–Crippen MR) is 84.9 cm³/mol. The Hall–Kier alpha value is 0.507. The maximum atomic E-state index is 10.4. The zero-order chi connectivity index (χ0) is 15.1. The maximum absolute atomic E-state index is 10.4. The zero-order valence-corrected chi connectivity index (χ0v) is 15.1. The molecule has 5 heteroatoms. The molecule has 0 aromatic rings. The fourth-order valence-electron chi connectivity index (χ4n) is 2.47. The topological polar surface area (TPSA) is 57.2 Å². The summed E-state index contributed by atoms with van der Waals surface area (Å²) in [5.41, 5.74) is 0. The summed E-state index contributed by atoms with van der Waals surface area (Å²) in [7, 11) is -3.99. The molecule has 122 valence electrons. The Morgan fingerprint density at radius 1 is 0.619 bits per heavy atom. The molecule has 0 aromatic carbocycles. The van der Waals surface area contributed by atoms with Crippen LogP contribution in [0.2, 0.25) is 0 Å². The van der Waals surface area contributed by atoms with Gasteiger partial charge in [-0.3, -0.25) is 0 Å². The molecule has 0 bridgehead atoms. The molecule has 0 spiro atoms. The maximum Gasteiger partial charge on any atom is 1.00 e. The summed E-state index contributed by atoms with van der Waals surface area (Å²) in [4.78, 5) is 0. The van der Waals surface area contributed by atoms with Gasteiger partial charge in [0.15, 0.2) is 0 Å². The van der Waals surface area contributed by atoms with Crippen LogP contribution >= 0.6 is 0 Å². The van der Waals surface area contributed by atoms with E-state index in [0.29, 0.717) is 6.42 Å². The first-order valence-corrected chi connectivity index (χ1v) is 10.1. The van der Waals surface area contributed by atoms with Crippen LogP contribution in [-0.4, -0.2) is 18.7 Å². The molecule has 0 atom stereocenters. The van der Waals surface area contributed by atoms with Gasteiger partial charge in [-0.25, -0.2) is 8.42 Å². The van der Waals surface area contributed by atoms with Gasteiger partial charge in [-0.05, 0) is 6.42 Å². The van der Waals surface area contributed by atoms with Crippen LogP contribution in [0, 0.1) is 0 Å². The third kappa shape index (κ3) is 22.9. The van der Waals surface area contributed by atoms with Crippen molar-refractivity contribution in [2.45, 2.75) is 96.8 Å². The monoisotopic (exact) mass is 312 g/mol. The van der Waals surface area contributed by atoms with E-state index < -0.39 is 10.1 Å². The second kappa shape index (κ2) is 16.9. The van der Waals surface area contributed by atoms with Crippen LogP contribution in [0.25, 0.3) is 0 Å². The molecule has 0 aliphatic rings. The van der Waals surface area contributed by atoms with E-state index in [1.807, 2.05) is 0 Å². The minimum absolute atomic E-state index is 0. The number of rotatable bonds is 15. The van der Waals surface area contributed by atoms with E-state index in [2.05, 4.69) is 6.92 Å². The average Bonchev–Trinajstić information content (AvgIpc) is 2.38. The van der Waals surface area contributed by atoms with E-state index in [-0.39, 0.29) is 24.6 Å². The smallest absolute Gasteiger partial charge is 0.748 e. The first-order chi connectivity index (χ1) is 9.56. The third-order valence-electron chi connectivity index (χ3n) is 3.75. The van der Waals surface area contributed by atoms with Crippen molar-refractivity contribution in [1.82, 2.24) is 0 Å². The van der Waals surface area contributed by atoms with Crippen molar-refractivity contribution in [2.24, 2.45) is 0 Å². The molecule has 0 N–H and O–H groups in total. The van der Waals surface area contributed by atoms with Crippen LogP contribution in [0.4, 0.5) is 0 Å². The molecular formula is C16H33LiO3S. The summed E-state index contributed by atoms with van der Waals surface area (Å²) in [6.07, 6.45) is 17.2. The summed E-state index contributed by atoms with van der Waals surface area (Å²) in [5.74, 6) is -0.189. The van der Waals surface area contributed by atoms with Gasteiger partial charge in [0.2, 0.25) is 0 Å². The van der Waals surface area contributed by atoms with Crippen LogP contribution in [-0.2, 0) is 10.1 Å². The summed E-state index contributed by atoms with van der Waals surface area (Å²) in [6.45, 7) is 2.25. The predicted octanol–water partition coefficient (Wildman–Crippen LogP) is 2.02. The minimum atomic E-state index is -3.99. The summed E-state index contributed by atoms with van der Waals surface area (Å²) in [6, 6.07) is 0. The molecular weight excluding hydrogens is 279 g/mol. The Morgan fingerprint density at radius 3 is 1.19 bits per heavy atom. The van der Waals surface area contributed by atoms with Crippen molar-refractivity contribution in [3.8, 4) is 0 Å². The Labute approximate surface area is 144 Å². The minimum Gasteiger partial charge on any atom is -0.748 e. The van der Waals surface area contributed by atoms with Gasteiger partial charge in [0.05, 0.1) is 10.1 Å². The van der Waals surface area contributed by atoms with Gasteiger partial charge in [0.1, 0.15) is 0 Å². The third-order valence-corrected chi connectivity index (χ3v) is 4.54. The molecule has 0 amide bonds. The molecule has 0 aromatic heterocycles. The quantitative estimate of drug-likeness (QED) is 0.264. The Morgan fingerprint density at radius 2 is 0.905 bits per heavy atom. The van der Waals surface area contributed by atoms with Gasteiger partial charge in [0, 0.05) is 5.75 Å². The van der Waals surface area contributed by atoms with Crippen molar-refractivity contribution in [3.05, 3.63) is 0 Å². The van der Waals surface area contributed by atoms with Gasteiger partial charge in [-0.1, -0.05) is 90.4 Å². The molecule has 0 saturated heterocycles. The molecule has 0 aliphatic heterocycles. The normalized spacial score (nSPS) is 11.3. The number of hydrogen-bond donors (Lipinski definition) is 0. The molecule has 0 saturated carbocycles. The van der Waals surface area contributed by atoms with Gasteiger partial charge >= 0.3 is 18.9 Å². The molecule has 0 unspecified atom stereocenters. The molecule has 21 heavy (non-hydrogen) atoms. The van der Waals surface area contributed by atoms with E-state index >= 15 is 0 Å². The largest absolute Gasteiger partial charge is 1.00 e. The van der Waals surface area contributed by atoms with Crippen LogP contribution in [0.3, 0.4) is 0 Å². The van der Waals surface area contributed by atoms with Crippen molar-refractivity contribution < 1.29 is 31.8 Å². The zero-order valence-electron chi connectivity index (χ0n) is 14.2. The van der Waals surface area contributed by atoms with Crippen molar-refractivity contribution in [1.29, 1.82) is 0 Å². The van der Waals surface area contributed by atoms with Crippen LogP contribution in [0.5, 0.6) is 0 Å². The van der Waals surface area contributed by atoms with Gasteiger partial charge in [-0.2, -0.15) is 0 Å². The second-order valence-electron chi connectivity index (χ2n) is 5.86. The van der Waals surface area contributed by atoms with Gasteiger partial charge in [0.25, 0.3) is 0 Å².